The normalized spacial score (nSPS) is 12.3. The van der Waals surface area contributed by atoms with E-state index in [4.69, 9.17) is 4.74 Å². The number of amides is 1. The predicted octanol–water partition coefficient (Wildman–Crippen LogP) is 6.20. The van der Waals surface area contributed by atoms with Crippen LogP contribution in [-0.2, 0) is 27.2 Å². The van der Waals surface area contributed by atoms with Gasteiger partial charge in [-0.25, -0.2) is 4.79 Å². The molecular formula is C31H29NO3. The van der Waals surface area contributed by atoms with Gasteiger partial charge in [0.25, 0.3) is 0 Å². The molecule has 1 amide bonds. The van der Waals surface area contributed by atoms with Crippen LogP contribution in [0.25, 0.3) is 32.3 Å². The second-order valence-corrected chi connectivity index (χ2v) is 9.00. The summed E-state index contributed by atoms with van der Waals surface area (Å²) in [5, 5.41) is 10.5. The van der Waals surface area contributed by atoms with Crippen molar-refractivity contribution >= 4 is 44.2 Å². The SMILES string of the molecule is CCOC(=O)C(Cc1ccccc1)NC(=O)CCCc1ccc2ccc3cccc4ccc1c2c34. The number of hydrogen-bond acceptors (Lipinski definition) is 3. The maximum absolute atomic E-state index is 12.8. The van der Waals surface area contributed by atoms with Crippen molar-refractivity contribution in [2.45, 2.75) is 38.6 Å². The summed E-state index contributed by atoms with van der Waals surface area (Å²) >= 11 is 0. The van der Waals surface area contributed by atoms with Gasteiger partial charge in [0.2, 0.25) is 5.91 Å². The summed E-state index contributed by atoms with van der Waals surface area (Å²) in [6, 6.07) is 28.5. The van der Waals surface area contributed by atoms with Crippen LogP contribution < -0.4 is 5.32 Å². The molecule has 1 unspecified atom stereocenters. The Bertz CT molecular complexity index is 1460. The van der Waals surface area contributed by atoms with Gasteiger partial charge in [-0.05, 0) is 63.2 Å². The van der Waals surface area contributed by atoms with Gasteiger partial charge in [0.05, 0.1) is 6.61 Å². The van der Waals surface area contributed by atoms with Gasteiger partial charge in [-0.2, -0.15) is 0 Å². The summed E-state index contributed by atoms with van der Waals surface area (Å²) in [5.41, 5.74) is 2.23. The molecule has 4 heteroatoms. The van der Waals surface area contributed by atoms with Crippen molar-refractivity contribution in [2.75, 3.05) is 6.61 Å². The van der Waals surface area contributed by atoms with Crippen molar-refractivity contribution in [2.24, 2.45) is 0 Å². The molecule has 0 bridgehead atoms. The Morgan fingerprint density at radius 1 is 0.800 bits per heavy atom. The molecule has 0 spiro atoms. The third-order valence-electron chi connectivity index (χ3n) is 6.66. The average molecular weight is 464 g/mol. The highest BCUT2D eigenvalue weighted by atomic mass is 16.5. The van der Waals surface area contributed by atoms with E-state index in [0.29, 0.717) is 19.3 Å². The van der Waals surface area contributed by atoms with Crippen LogP contribution in [0.4, 0.5) is 0 Å². The molecule has 0 heterocycles. The van der Waals surface area contributed by atoms with E-state index in [1.54, 1.807) is 6.92 Å². The Morgan fingerprint density at radius 2 is 1.49 bits per heavy atom. The van der Waals surface area contributed by atoms with Gasteiger partial charge < -0.3 is 10.1 Å². The number of esters is 1. The number of carbonyl (C=O) groups excluding carboxylic acids is 2. The predicted molar refractivity (Wildman–Crippen MR) is 142 cm³/mol. The zero-order valence-electron chi connectivity index (χ0n) is 19.9. The van der Waals surface area contributed by atoms with Gasteiger partial charge in [-0.1, -0.05) is 84.9 Å². The largest absolute Gasteiger partial charge is 0.464 e. The Balaban J connectivity index is 1.28. The zero-order valence-corrected chi connectivity index (χ0v) is 19.9. The first-order chi connectivity index (χ1) is 17.1. The maximum Gasteiger partial charge on any atom is 0.328 e. The Hall–Kier alpha value is -3.92. The molecule has 1 N–H and O–H groups in total. The summed E-state index contributed by atoms with van der Waals surface area (Å²) < 4.78 is 5.20. The highest BCUT2D eigenvalue weighted by molar-refractivity contribution is 6.23. The number of hydrogen-bond donors (Lipinski definition) is 1. The molecule has 0 aromatic heterocycles. The first-order valence-electron chi connectivity index (χ1n) is 12.3. The van der Waals surface area contributed by atoms with E-state index < -0.39 is 12.0 Å². The van der Waals surface area contributed by atoms with Crippen LogP contribution >= 0.6 is 0 Å². The molecule has 0 fully saturated rings. The van der Waals surface area contributed by atoms with Crippen LogP contribution in [-0.4, -0.2) is 24.5 Å². The lowest BCUT2D eigenvalue weighted by Gasteiger charge is -2.18. The van der Waals surface area contributed by atoms with Gasteiger partial charge in [0.15, 0.2) is 0 Å². The summed E-state index contributed by atoms with van der Waals surface area (Å²) in [6.07, 6.45) is 2.27. The smallest absolute Gasteiger partial charge is 0.328 e. The fraction of sp³-hybridized carbons (Fsp3) is 0.226. The molecule has 5 aromatic carbocycles. The minimum atomic E-state index is -0.681. The maximum atomic E-state index is 12.8. The topological polar surface area (TPSA) is 55.4 Å². The van der Waals surface area contributed by atoms with Gasteiger partial charge in [-0.3, -0.25) is 4.79 Å². The standard InChI is InChI=1S/C31H29NO3/c1-2-35-31(34)27(20-21-8-4-3-5-9-21)32-28(33)13-7-10-22-14-15-25-17-16-23-11-6-12-24-18-19-26(22)30(25)29(23)24/h3-6,8-9,11-12,14-19,27H,2,7,10,13,20H2,1H3,(H,32,33). The summed E-state index contributed by atoms with van der Waals surface area (Å²) in [4.78, 5) is 25.2. The van der Waals surface area contributed by atoms with Crippen LogP contribution in [0.1, 0.15) is 30.9 Å². The Morgan fingerprint density at radius 3 is 2.23 bits per heavy atom. The third-order valence-corrected chi connectivity index (χ3v) is 6.66. The summed E-state index contributed by atoms with van der Waals surface area (Å²) in [6.45, 7) is 2.06. The van der Waals surface area contributed by atoms with E-state index in [2.05, 4.69) is 59.9 Å². The van der Waals surface area contributed by atoms with Crippen LogP contribution in [0, 0.1) is 0 Å². The van der Waals surface area contributed by atoms with Crippen molar-refractivity contribution in [3.8, 4) is 0 Å². The lowest BCUT2D eigenvalue weighted by atomic mass is 9.90. The molecule has 0 saturated carbocycles. The molecule has 4 nitrogen and oxygen atoms in total. The van der Waals surface area contributed by atoms with Crippen molar-refractivity contribution in [3.05, 3.63) is 96.1 Å². The van der Waals surface area contributed by atoms with Crippen LogP contribution in [0.2, 0.25) is 0 Å². The molecule has 0 saturated heterocycles. The molecule has 35 heavy (non-hydrogen) atoms. The number of ether oxygens (including phenoxy) is 1. The quantitative estimate of drug-likeness (QED) is 0.209. The molecule has 0 aliphatic heterocycles. The summed E-state index contributed by atoms with van der Waals surface area (Å²) in [7, 11) is 0. The second-order valence-electron chi connectivity index (χ2n) is 9.00. The van der Waals surface area contributed by atoms with Crippen LogP contribution in [0.5, 0.6) is 0 Å². The lowest BCUT2D eigenvalue weighted by molar-refractivity contribution is -0.147. The van der Waals surface area contributed by atoms with Gasteiger partial charge in [0.1, 0.15) is 6.04 Å². The van der Waals surface area contributed by atoms with Crippen LogP contribution in [0.15, 0.2) is 84.9 Å². The average Bonchev–Trinajstić information content (AvgIpc) is 2.88. The highest BCUT2D eigenvalue weighted by Gasteiger charge is 2.22. The first-order valence-corrected chi connectivity index (χ1v) is 12.3. The van der Waals surface area contributed by atoms with E-state index in [-0.39, 0.29) is 12.5 Å². The molecule has 0 radical (unpaired) electrons. The Kier molecular flexibility index (Phi) is 6.62. The van der Waals surface area contributed by atoms with Crippen molar-refractivity contribution in [3.63, 3.8) is 0 Å². The van der Waals surface area contributed by atoms with Gasteiger partial charge >= 0.3 is 5.97 Å². The molecular weight excluding hydrogens is 434 g/mol. The fourth-order valence-electron chi connectivity index (χ4n) is 5.01. The number of nitrogens with one attached hydrogen (secondary N) is 1. The molecule has 5 aromatic rings. The van der Waals surface area contributed by atoms with E-state index in [1.165, 1.54) is 37.9 Å². The summed E-state index contributed by atoms with van der Waals surface area (Å²) in [5.74, 6) is -0.520. The fourth-order valence-corrected chi connectivity index (χ4v) is 5.01. The minimum Gasteiger partial charge on any atom is -0.464 e. The third kappa shape index (κ3) is 4.83. The Labute approximate surface area is 205 Å². The molecule has 5 rings (SSSR count). The van der Waals surface area contributed by atoms with Crippen LogP contribution in [0.3, 0.4) is 0 Å². The van der Waals surface area contributed by atoms with Crippen molar-refractivity contribution in [1.82, 2.24) is 5.32 Å². The van der Waals surface area contributed by atoms with Gasteiger partial charge in [0, 0.05) is 12.8 Å². The number of rotatable bonds is 9. The number of benzene rings is 5. The van der Waals surface area contributed by atoms with E-state index in [0.717, 1.165) is 12.0 Å². The second kappa shape index (κ2) is 10.1. The zero-order chi connectivity index (χ0) is 24.2. The lowest BCUT2D eigenvalue weighted by Crippen LogP contribution is -2.43. The molecule has 0 aliphatic rings. The van der Waals surface area contributed by atoms with Crippen molar-refractivity contribution in [1.29, 1.82) is 0 Å². The molecule has 176 valence electrons. The first kappa shape index (κ1) is 22.9. The van der Waals surface area contributed by atoms with E-state index in [9.17, 15) is 9.59 Å². The van der Waals surface area contributed by atoms with Gasteiger partial charge in [-0.15, -0.1) is 0 Å². The van der Waals surface area contributed by atoms with E-state index in [1.807, 2.05) is 30.3 Å². The molecule has 1 atom stereocenters. The minimum absolute atomic E-state index is 0.128. The molecule has 0 aliphatic carbocycles. The van der Waals surface area contributed by atoms with E-state index >= 15 is 0 Å². The monoisotopic (exact) mass is 463 g/mol. The number of carbonyl (C=O) groups is 2. The number of aryl methyl sites for hydroxylation is 1. The highest BCUT2D eigenvalue weighted by Crippen LogP contribution is 2.36. The van der Waals surface area contributed by atoms with Crippen molar-refractivity contribution < 1.29 is 14.3 Å².